The Morgan fingerprint density at radius 3 is 2.70 bits per heavy atom. The summed E-state index contributed by atoms with van der Waals surface area (Å²) in [4.78, 5) is 24.1. The highest BCUT2D eigenvalue weighted by atomic mass is 16.6. The fourth-order valence-electron chi connectivity index (χ4n) is 2.10. The van der Waals surface area contributed by atoms with Crippen molar-refractivity contribution in [1.29, 1.82) is 0 Å². The van der Waals surface area contributed by atoms with Gasteiger partial charge >= 0.3 is 12.1 Å². The number of carbonyl (C=O) groups excluding carboxylic acids is 1. The molecule has 1 heterocycles. The number of aliphatic carboxylic acids is 1. The quantitative estimate of drug-likeness (QED) is 0.709. The molecule has 0 radical (unpaired) electrons. The van der Waals surface area contributed by atoms with Crippen LogP contribution in [0.5, 0.6) is 11.5 Å². The minimum Gasteiger partial charge on any atom is -0.504 e. The molecule has 1 aliphatic rings. The van der Waals surface area contributed by atoms with E-state index in [-0.39, 0.29) is 17.9 Å². The SMILES string of the molecule is O=C(O)C(Cc1ccc(O)c(O)c1)N1CCCOC1=O. The predicted molar refractivity (Wildman–Crippen MR) is 67.6 cm³/mol. The summed E-state index contributed by atoms with van der Waals surface area (Å²) >= 11 is 0. The number of carboxylic acids is 1. The summed E-state index contributed by atoms with van der Waals surface area (Å²) in [6.07, 6.45) is -0.0408. The number of rotatable bonds is 4. The van der Waals surface area contributed by atoms with Crippen molar-refractivity contribution in [3.05, 3.63) is 23.8 Å². The van der Waals surface area contributed by atoms with Crippen LogP contribution in [0.15, 0.2) is 18.2 Å². The Morgan fingerprint density at radius 2 is 2.10 bits per heavy atom. The molecule has 2 rings (SSSR count). The van der Waals surface area contributed by atoms with Gasteiger partial charge in [-0.05, 0) is 24.1 Å². The third kappa shape index (κ3) is 2.93. The summed E-state index contributed by atoms with van der Waals surface area (Å²) < 4.78 is 4.84. The third-order valence-electron chi connectivity index (χ3n) is 3.13. The van der Waals surface area contributed by atoms with Crippen LogP contribution < -0.4 is 0 Å². The number of hydrogen-bond acceptors (Lipinski definition) is 5. The molecule has 1 unspecified atom stereocenters. The van der Waals surface area contributed by atoms with Crippen LogP contribution in [-0.2, 0) is 16.0 Å². The molecule has 1 saturated heterocycles. The minimum atomic E-state index is -1.14. The number of carboxylic acid groups (broad SMARTS) is 1. The van der Waals surface area contributed by atoms with Crippen LogP contribution in [0.2, 0.25) is 0 Å². The van der Waals surface area contributed by atoms with Gasteiger partial charge in [0, 0.05) is 13.0 Å². The zero-order chi connectivity index (χ0) is 14.7. The number of nitrogens with zero attached hydrogens (tertiary/aromatic N) is 1. The normalized spacial score (nSPS) is 16.6. The Labute approximate surface area is 115 Å². The van der Waals surface area contributed by atoms with Gasteiger partial charge in [0.2, 0.25) is 0 Å². The molecule has 1 aromatic carbocycles. The lowest BCUT2D eigenvalue weighted by atomic mass is 10.0. The lowest BCUT2D eigenvalue weighted by Gasteiger charge is -2.31. The van der Waals surface area contributed by atoms with E-state index < -0.39 is 18.1 Å². The number of amides is 1. The van der Waals surface area contributed by atoms with E-state index in [2.05, 4.69) is 0 Å². The van der Waals surface area contributed by atoms with E-state index in [4.69, 9.17) is 4.74 Å². The molecule has 7 nitrogen and oxygen atoms in total. The Kier molecular flexibility index (Phi) is 3.97. The summed E-state index contributed by atoms with van der Waals surface area (Å²) in [6.45, 7) is 0.613. The lowest BCUT2D eigenvalue weighted by Crippen LogP contribution is -2.49. The number of hydrogen-bond donors (Lipinski definition) is 3. The highest BCUT2D eigenvalue weighted by Gasteiger charge is 2.32. The fourth-order valence-corrected chi connectivity index (χ4v) is 2.10. The number of ether oxygens (including phenoxy) is 1. The molecule has 1 aliphatic heterocycles. The summed E-state index contributed by atoms with van der Waals surface area (Å²) in [6, 6.07) is 2.99. The molecule has 108 valence electrons. The average molecular weight is 281 g/mol. The van der Waals surface area contributed by atoms with Crippen molar-refractivity contribution in [2.24, 2.45) is 0 Å². The summed E-state index contributed by atoms with van der Waals surface area (Å²) in [5.74, 6) is -1.75. The second-order valence-electron chi connectivity index (χ2n) is 4.54. The first-order valence-electron chi connectivity index (χ1n) is 6.16. The molecular weight excluding hydrogens is 266 g/mol. The van der Waals surface area contributed by atoms with E-state index >= 15 is 0 Å². The highest BCUT2D eigenvalue weighted by Crippen LogP contribution is 2.26. The first kappa shape index (κ1) is 14.0. The molecule has 0 aromatic heterocycles. The number of benzene rings is 1. The molecule has 0 saturated carbocycles. The number of phenolic OH excluding ortho intramolecular Hbond substituents is 2. The molecule has 20 heavy (non-hydrogen) atoms. The molecule has 0 bridgehead atoms. The van der Waals surface area contributed by atoms with Gasteiger partial charge in [0.05, 0.1) is 6.61 Å². The van der Waals surface area contributed by atoms with Crippen molar-refractivity contribution in [3.8, 4) is 11.5 Å². The Balaban J connectivity index is 2.18. The van der Waals surface area contributed by atoms with Crippen LogP contribution >= 0.6 is 0 Å². The summed E-state index contributed by atoms with van der Waals surface area (Å²) in [5.41, 5.74) is 0.506. The molecule has 0 aliphatic carbocycles. The first-order chi connectivity index (χ1) is 9.49. The maximum Gasteiger partial charge on any atom is 0.410 e. The van der Waals surface area contributed by atoms with Gasteiger partial charge in [-0.1, -0.05) is 6.07 Å². The predicted octanol–water partition coefficient (Wildman–Crippen LogP) is 0.936. The van der Waals surface area contributed by atoms with Crippen LogP contribution in [-0.4, -0.2) is 51.5 Å². The van der Waals surface area contributed by atoms with E-state index in [1.54, 1.807) is 0 Å². The topological polar surface area (TPSA) is 107 Å². The van der Waals surface area contributed by atoms with E-state index in [0.29, 0.717) is 25.1 Å². The Hall–Kier alpha value is -2.44. The van der Waals surface area contributed by atoms with Gasteiger partial charge in [-0.15, -0.1) is 0 Å². The van der Waals surface area contributed by atoms with Crippen LogP contribution in [0.3, 0.4) is 0 Å². The third-order valence-corrected chi connectivity index (χ3v) is 3.13. The average Bonchev–Trinajstić information content (AvgIpc) is 2.41. The molecule has 1 amide bonds. The van der Waals surface area contributed by atoms with Gasteiger partial charge < -0.3 is 20.1 Å². The fraction of sp³-hybridized carbons (Fsp3) is 0.385. The number of cyclic esters (lactones) is 1. The first-order valence-corrected chi connectivity index (χ1v) is 6.16. The minimum absolute atomic E-state index is 0.0261. The maximum absolute atomic E-state index is 11.6. The molecule has 3 N–H and O–H groups in total. The number of aromatic hydroxyl groups is 2. The molecular formula is C13H15NO6. The van der Waals surface area contributed by atoms with Gasteiger partial charge in [-0.25, -0.2) is 9.59 Å². The Bertz CT molecular complexity index is 530. The second-order valence-corrected chi connectivity index (χ2v) is 4.54. The van der Waals surface area contributed by atoms with Crippen molar-refractivity contribution in [3.63, 3.8) is 0 Å². The molecule has 7 heteroatoms. The van der Waals surface area contributed by atoms with E-state index in [0.717, 1.165) is 4.90 Å². The van der Waals surface area contributed by atoms with E-state index in [9.17, 15) is 24.9 Å². The van der Waals surface area contributed by atoms with Crippen LogP contribution in [0, 0.1) is 0 Å². The zero-order valence-electron chi connectivity index (χ0n) is 10.7. The van der Waals surface area contributed by atoms with Crippen molar-refractivity contribution >= 4 is 12.1 Å². The van der Waals surface area contributed by atoms with Gasteiger partial charge in [0.15, 0.2) is 11.5 Å². The smallest absolute Gasteiger partial charge is 0.410 e. The van der Waals surface area contributed by atoms with Crippen molar-refractivity contribution in [1.82, 2.24) is 4.90 Å². The number of carbonyl (C=O) groups is 2. The highest BCUT2D eigenvalue weighted by molar-refractivity contribution is 5.80. The zero-order valence-corrected chi connectivity index (χ0v) is 10.7. The molecule has 1 atom stereocenters. The molecule has 1 aromatic rings. The van der Waals surface area contributed by atoms with Crippen molar-refractivity contribution in [2.75, 3.05) is 13.2 Å². The van der Waals surface area contributed by atoms with Crippen LogP contribution in [0.4, 0.5) is 4.79 Å². The van der Waals surface area contributed by atoms with Gasteiger partial charge in [0.1, 0.15) is 6.04 Å². The van der Waals surface area contributed by atoms with E-state index in [1.807, 2.05) is 0 Å². The van der Waals surface area contributed by atoms with Gasteiger partial charge in [-0.3, -0.25) is 4.90 Å². The van der Waals surface area contributed by atoms with Crippen molar-refractivity contribution < 1.29 is 29.6 Å². The molecule has 1 fully saturated rings. The molecule has 0 spiro atoms. The van der Waals surface area contributed by atoms with E-state index in [1.165, 1.54) is 18.2 Å². The largest absolute Gasteiger partial charge is 0.504 e. The van der Waals surface area contributed by atoms with Crippen LogP contribution in [0.1, 0.15) is 12.0 Å². The summed E-state index contributed by atoms with van der Waals surface area (Å²) in [5, 5.41) is 27.9. The standard InChI is InChI=1S/C13H15NO6/c15-10-3-2-8(7-11(10)16)6-9(12(17)18)14-4-1-5-20-13(14)19/h2-3,7,9,15-16H,1,4-6H2,(H,17,18). The second kappa shape index (κ2) is 5.68. The monoisotopic (exact) mass is 281 g/mol. The van der Waals surface area contributed by atoms with Crippen LogP contribution in [0.25, 0.3) is 0 Å². The number of phenols is 2. The van der Waals surface area contributed by atoms with Crippen molar-refractivity contribution in [2.45, 2.75) is 18.9 Å². The van der Waals surface area contributed by atoms with Gasteiger partial charge in [-0.2, -0.15) is 0 Å². The summed E-state index contributed by atoms with van der Waals surface area (Å²) in [7, 11) is 0. The lowest BCUT2D eigenvalue weighted by molar-refractivity contribution is -0.143. The van der Waals surface area contributed by atoms with Gasteiger partial charge in [0.25, 0.3) is 0 Å². The maximum atomic E-state index is 11.6. The Morgan fingerprint density at radius 1 is 1.35 bits per heavy atom.